The Hall–Kier alpha value is -3.02. The number of aromatic carboxylic acids is 1. The van der Waals surface area contributed by atoms with Gasteiger partial charge in [-0.25, -0.2) is 9.78 Å². The van der Waals surface area contributed by atoms with Gasteiger partial charge in [-0.15, -0.1) is 10.2 Å². The van der Waals surface area contributed by atoms with E-state index in [1.807, 2.05) is 43.3 Å². The Kier molecular flexibility index (Phi) is 3.89. The lowest BCUT2D eigenvalue weighted by molar-refractivity contribution is 0.0692. The number of nitrogens with zero attached hydrogens (tertiary/aromatic N) is 4. The van der Waals surface area contributed by atoms with E-state index in [2.05, 4.69) is 22.1 Å². The first kappa shape index (κ1) is 14.9. The normalized spacial score (nSPS) is 11.4. The quantitative estimate of drug-likeness (QED) is 0.729. The fraction of sp³-hybridized carbons (Fsp3) is 0.176. The van der Waals surface area contributed by atoms with Crippen molar-refractivity contribution in [1.82, 2.24) is 9.38 Å². The minimum Gasteiger partial charge on any atom is -0.476 e. The number of fused-ring (bicyclic) bond motifs is 1. The highest BCUT2D eigenvalue weighted by Gasteiger charge is 2.18. The van der Waals surface area contributed by atoms with Crippen molar-refractivity contribution >= 4 is 23.1 Å². The van der Waals surface area contributed by atoms with E-state index in [9.17, 15) is 9.90 Å². The monoisotopic (exact) mass is 308 g/mol. The molecule has 3 aromatic rings. The second kappa shape index (κ2) is 6.00. The van der Waals surface area contributed by atoms with Crippen molar-refractivity contribution in [1.29, 1.82) is 0 Å². The number of rotatable bonds is 4. The summed E-state index contributed by atoms with van der Waals surface area (Å²) in [6.07, 6.45) is 2.70. The zero-order chi connectivity index (χ0) is 16.4. The Labute approximate surface area is 133 Å². The Morgan fingerprint density at radius 1 is 1.22 bits per heavy atom. The van der Waals surface area contributed by atoms with Crippen molar-refractivity contribution in [2.45, 2.75) is 20.3 Å². The summed E-state index contributed by atoms with van der Waals surface area (Å²) >= 11 is 0. The molecule has 116 valence electrons. The van der Waals surface area contributed by atoms with Crippen LogP contribution < -0.4 is 0 Å². The molecule has 2 aromatic heterocycles. The minimum absolute atomic E-state index is 0.107. The maximum Gasteiger partial charge on any atom is 0.358 e. The molecule has 0 radical (unpaired) electrons. The molecular weight excluding hydrogens is 292 g/mol. The zero-order valence-electron chi connectivity index (χ0n) is 12.9. The number of carbonyl (C=O) groups is 1. The summed E-state index contributed by atoms with van der Waals surface area (Å²) in [6, 6.07) is 11.3. The standard InChI is InChI=1S/C17H16N4O2/c1-3-12-4-6-13(7-5-12)19-20-16-15(17(22)23)18-14-10-11(2)8-9-21(14)16/h4-10H,3H2,1-2H3,(H,22,23). The highest BCUT2D eigenvalue weighted by atomic mass is 16.4. The molecule has 0 saturated carbocycles. The van der Waals surface area contributed by atoms with Crippen LogP contribution in [-0.2, 0) is 6.42 Å². The molecule has 0 amide bonds. The van der Waals surface area contributed by atoms with E-state index in [0.717, 1.165) is 12.0 Å². The van der Waals surface area contributed by atoms with Crippen LogP contribution in [0.2, 0.25) is 0 Å². The Morgan fingerprint density at radius 3 is 2.61 bits per heavy atom. The number of carboxylic acids is 1. The molecule has 1 N–H and O–H groups in total. The number of pyridine rings is 1. The van der Waals surface area contributed by atoms with E-state index in [4.69, 9.17) is 0 Å². The molecule has 6 heteroatoms. The molecule has 1 aromatic carbocycles. The van der Waals surface area contributed by atoms with Crippen molar-refractivity contribution in [2.24, 2.45) is 10.2 Å². The number of imidazole rings is 1. The molecule has 0 spiro atoms. The lowest BCUT2D eigenvalue weighted by Crippen LogP contribution is -1.96. The van der Waals surface area contributed by atoms with E-state index in [1.165, 1.54) is 5.56 Å². The highest BCUT2D eigenvalue weighted by Crippen LogP contribution is 2.25. The Morgan fingerprint density at radius 2 is 1.96 bits per heavy atom. The Bertz CT molecular complexity index is 895. The van der Waals surface area contributed by atoms with Gasteiger partial charge in [0, 0.05) is 6.20 Å². The topological polar surface area (TPSA) is 79.3 Å². The fourth-order valence-corrected chi connectivity index (χ4v) is 2.28. The number of benzene rings is 1. The fourth-order valence-electron chi connectivity index (χ4n) is 2.28. The molecule has 0 aliphatic rings. The van der Waals surface area contributed by atoms with Crippen molar-refractivity contribution in [3.63, 3.8) is 0 Å². The van der Waals surface area contributed by atoms with Gasteiger partial charge in [-0.2, -0.15) is 0 Å². The van der Waals surface area contributed by atoms with Crippen LogP contribution in [0, 0.1) is 6.92 Å². The van der Waals surface area contributed by atoms with Gasteiger partial charge in [0.2, 0.25) is 0 Å². The average molecular weight is 308 g/mol. The molecule has 3 rings (SSSR count). The maximum absolute atomic E-state index is 11.4. The van der Waals surface area contributed by atoms with E-state index in [-0.39, 0.29) is 11.5 Å². The van der Waals surface area contributed by atoms with Gasteiger partial charge >= 0.3 is 5.97 Å². The first-order chi connectivity index (χ1) is 11.1. The summed E-state index contributed by atoms with van der Waals surface area (Å²) in [7, 11) is 0. The van der Waals surface area contributed by atoms with Crippen LogP contribution in [0.25, 0.3) is 5.65 Å². The maximum atomic E-state index is 11.4. The molecule has 0 saturated heterocycles. The van der Waals surface area contributed by atoms with Crippen molar-refractivity contribution < 1.29 is 9.90 Å². The van der Waals surface area contributed by atoms with Crippen molar-refractivity contribution in [3.8, 4) is 0 Å². The average Bonchev–Trinajstić information content (AvgIpc) is 2.91. The summed E-state index contributed by atoms with van der Waals surface area (Å²) in [4.78, 5) is 15.5. The lowest BCUT2D eigenvalue weighted by Gasteiger charge is -1.98. The number of carboxylic acid groups (broad SMARTS) is 1. The van der Waals surface area contributed by atoms with Crippen molar-refractivity contribution in [3.05, 3.63) is 59.4 Å². The molecule has 2 heterocycles. The molecule has 0 unspecified atom stereocenters. The third kappa shape index (κ3) is 2.96. The van der Waals surface area contributed by atoms with Gasteiger partial charge in [-0.05, 0) is 48.7 Å². The van der Waals surface area contributed by atoms with Crippen LogP contribution in [0.5, 0.6) is 0 Å². The second-order valence-electron chi connectivity index (χ2n) is 5.24. The third-order valence-corrected chi connectivity index (χ3v) is 3.56. The lowest BCUT2D eigenvalue weighted by atomic mass is 10.2. The van der Waals surface area contributed by atoms with E-state index in [0.29, 0.717) is 11.3 Å². The molecule has 0 bridgehead atoms. The van der Waals surface area contributed by atoms with Gasteiger partial charge in [-0.3, -0.25) is 4.40 Å². The van der Waals surface area contributed by atoms with Crippen LogP contribution >= 0.6 is 0 Å². The summed E-state index contributed by atoms with van der Waals surface area (Å²) in [5, 5.41) is 17.6. The SMILES string of the molecule is CCc1ccc(N=Nc2c(C(=O)O)nc3cc(C)ccn23)cc1. The number of hydrogen-bond acceptors (Lipinski definition) is 4. The summed E-state index contributed by atoms with van der Waals surface area (Å²) in [5.41, 5.74) is 3.31. The van der Waals surface area contributed by atoms with Gasteiger partial charge in [0.25, 0.3) is 0 Å². The first-order valence-electron chi connectivity index (χ1n) is 7.31. The Balaban J connectivity index is 2.05. The number of aromatic nitrogens is 2. The van der Waals surface area contributed by atoms with Crippen LogP contribution in [0.1, 0.15) is 28.5 Å². The van der Waals surface area contributed by atoms with Gasteiger partial charge in [-0.1, -0.05) is 19.1 Å². The predicted octanol–water partition coefficient (Wildman–Crippen LogP) is 4.32. The predicted molar refractivity (Wildman–Crippen MR) is 86.9 cm³/mol. The molecule has 0 aliphatic carbocycles. The first-order valence-corrected chi connectivity index (χ1v) is 7.31. The van der Waals surface area contributed by atoms with Gasteiger partial charge in [0.15, 0.2) is 11.5 Å². The van der Waals surface area contributed by atoms with Gasteiger partial charge < -0.3 is 5.11 Å². The summed E-state index contributed by atoms with van der Waals surface area (Å²) < 4.78 is 1.63. The molecule has 6 nitrogen and oxygen atoms in total. The largest absolute Gasteiger partial charge is 0.476 e. The van der Waals surface area contributed by atoms with Gasteiger partial charge in [0.05, 0.1) is 5.69 Å². The molecule has 0 fully saturated rings. The van der Waals surface area contributed by atoms with Crippen LogP contribution in [-0.4, -0.2) is 20.5 Å². The van der Waals surface area contributed by atoms with Crippen molar-refractivity contribution in [2.75, 3.05) is 0 Å². The molecular formula is C17H16N4O2. The van der Waals surface area contributed by atoms with E-state index < -0.39 is 5.97 Å². The summed E-state index contributed by atoms with van der Waals surface area (Å²) in [6.45, 7) is 4.00. The van der Waals surface area contributed by atoms with E-state index in [1.54, 1.807) is 10.6 Å². The summed E-state index contributed by atoms with van der Waals surface area (Å²) in [5.74, 6) is -0.909. The zero-order valence-corrected chi connectivity index (χ0v) is 12.9. The highest BCUT2D eigenvalue weighted by molar-refractivity contribution is 5.91. The van der Waals surface area contributed by atoms with Crippen LogP contribution in [0.15, 0.2) is 52.8 Å². The number of hydrogen-bond donors (Lipinski definition) is 1. The second-order valence-corrected chi connectivity index (χ2v) is 5.24. The van der Waals surface area contributed by atoms with Crippen LogP contribution in [0.4, 0.5) is 11.5 Å². The van der Waals surface area contributed by atoms with Crippen LogP contribution in [0.3, 0.4) is 0 Å². The van der Waals surface area contributed by atoms with Gasteiger partial charge in [0.1, 0.15) is 5.65 Å². The molecule has 0 aliphatic heterocycles. The number of aryl methyl sites for hydroxylation is 2. The molecule has 23 heavy (non-hydrogen) atoms. The van der Waals surface area contributed by atoms with E-state index >= 15 is 0 Å². The molecule has 0 atom stereocenters. The third-order valence-electron chi connectivity index (χ3n) is 3.56. The number of azo groups is 1. The smallest absolute Gasteiger partial charge is 0.358 e. The minimum atomic E-state index is -1.12.